The lowest BCUT2D eigenvalue weighted by Crippen LogP contribution is -2.06. The topological polar surface area (TPSA) is 55.1 Å². The third-order valence-corrected chi connectivity index (χ3v) is 5.09. The number of hydrogen-bond donors (Lipinski definition) is 1. The zero-order valence-electron chi connectivity index (χ0n) is 15.8. The molecule has 0 aliphatic rings. The summed E-state index contributed by atoms with van der Waals surface area (Å²) in [6.07, 6.45) is -2.94. The van der Waals surface area contributed by atoms with Crippen molar-refractivity contribution < 1.29 is 13.2 Å². The zero-order chi connectivity index (χ0) is 21.1. The number of halogens is 3. The van der Waals surface area contributed by atoms with Gasteiger partial charge < -0.3 is 0 Å². The Kier molecular flexibility index (Phi) is 5.37. The van der Waals surface area contributed by atoms with Gasteiger partial charge in [-0.05, 0) is 6.07 Å². The van der Waals surface area contributed by atoms with E-state index in [2.05, 4.69) is 20.6 Å². The largest absolute Gasteiger partial charge is 0.435 e. The summed E-state index contributed by atoms with van der Waals surface area (Å²) in [7, 11) is 1.48. The Morgan fingerprint density at radius 2 is 1.80 bits per heavy atom. The first kappa shape index (κ1) is 19.8. The van der Waals surface area contributed by atoms with E-state index < -0.39 is 11.9 Å². The average molecular weight is 427 g/mol. The summed E-state index contributed by atoms with van der Waals surface area (Å²) >= 11 is 1.41. The molecule has 2 aromatic heterocycles. The standard InChI is InChI=1S/C21H16F3N5S/c1-29-18(11-19(28-29)21(22,23)24)16-10-6-5-9-15(16)12-25-27-20-26-17(13-30-20)14-7-3-2-4-8-14/h2-13H,1H3,(H,26,27). The maximum Gasteiger partial charge on any atom is 0.435 e. The molecule has 0 radical (unpaired) electrons. The second-order valence-corrected chi connectivity index (χ2v) is 7.26. The van der Waals surface area contributed by atoms with Crippen LogP contribution < -0.4 is 5.43 Å². The summed E-state index contributed by atoms with van der Waals surface area (Å²) in [5.41, 5.74) is 5.40. The SMILES string of the molecule is Cn1nc(C(F)(F)F)cc1-c1ccccc1C=NNc1nc(-c2ccccc2)cs1. The molecule has 0 bridgehead atoms. The van der Waals surface area contributed by atoms with Gasteiger partial charge in [0.2, 0.25) is 5.13 Å². The second-order valence-electron chi connectivity index (χ2n) is 6.40. The van der Waals surface area contributed by atoms with Gasteiger partial charge in [-0.2, -0.15) is 23.4 Å². The van der Waals surface area contributed by atoms with Gasteiger partial charge >= 0.3 is 6.18 Å². The molecule has 152 valence electrons. The molecule has 4 aromatic rings. The van der Waals surface area contributed by atoms with Crippen molar-refractivity contribution in [1.82, 2.24) is 14.8 Å². The average Bonchev–Trinajstić information content (AvgIpc) is 3.36. The number of thiazole rings is 1. The minimum Gasteiger partial charge on any atom is -0.267 e. The van der Waals surface area contributed by atoms with E-state index >= 15 is 0 Å². The third-order valence-electron chi connectivity index (χ3n) is 4.34. The predicted molar refractivity (Wildman–Crippen MR) is 112 cm³/mol. The lowest BCUT2D eigenvalue weighted by atomic mass is 10.1. The Bertz CT molecular complexity index is 1180. The van der Waals surface area contributed by atoms with Gasteiger partial charge in [-0.3, -0.25) is 10.1 Å². The maximum absolute atomic E-state index is 13.0. The van der Waals surface area contributed by atoms with Crippen LogP contribution in [0.25, 0.3) is 22.5 Å². The highest BCUT2D eigenvalue weighted by molar-refractivity contribution is 7.14. The van der Waals surface area contributed by atoms with E-state index in [4.69, 9.17) is 0 Å². The first-order valence-electron chi connectivity index (χ1n) is 8.92. The van der Waals surface area contributed by atoms with Crippen LogP contribution >= 0.6 is 11.3 Å². The van der Waals surface area contributed by atoms with Crippen molar-refractivity contribution >= 4 is 22.7 Å². The van der Waals surface area contributed by atoms with Gasteiger partial charge in [-0.1, -0.05) is 54.6 Å². The van der Waals surface area contributed by atoms with Crippen LogP contribution in [0, 0.1) is 0 Å². The quantitative estimate of drug-likeness (QED) is 0.330. The molecular formula is C21H16F3N5S. The molecule has 0 saturated carbocycles. The van der Waals surface area contributed by atoms with Gasteiger partial charge in [0, 0.05) is 29.1 Å². The van der Waals surface area contributed by atoms with Gasteiger partial charge in [-0.25, -0.2) is 4.98 Å². The van der Waals surface area contributed by atoms with E-state index in [1.807, 2.05) is 35.7 Å². The number of hydrogen-bond acceptors (Lipinski definition) is 5. The van der Waals surface area contributed by atoms with Crippen LogP contribution in [0.3, 0.4) is 0 Å². The number of aryl methyl sites for hydroxylation is 1. The molecule has 0 aliphatic carbocycles. The number of anilines is 1. The first-order chi connectivity index (χ1) is 14.4. The Morgan fingerprint density at radius 1 is 1.07 bits per heavy atom. The molecule has 2 aromatic carbocycles. The summed E-state index contributed by atoms with van der Waals surface area (Å²) in [6, 6.07) is 17.9. The first-order valence-corrected chi connectivity index (χ1v) is 9.80. The molecule has 4 rings (SSSR count). The van der Waals surface area contributed by atoms with E-state index in [1.165, 1.54) is 23.1 Å². The molecule has 30 heavy (non-hydrogen) atoms. The van der Waals surface area contributed by atoms with Crippen molar-refractivity contribution in [2.75, 3.05) is 5.43 Å². The fourth-order valence-corrected chi connectivity index (χ4v) is 3.59. The molecular weight excluding hydrogens is 411 g/mol. The smallest absolute Gasteiger partial charge is 0.267 e. The summed E-state index contributed by atoms with van der Waals surface area (Å²) in [5.74, 6) is 0. The maximum atomic E-state index is 13.0. The zero-order valence-corrected chi connectivity index (χ0v) is 16.6. The molecule has 0 fully saturated rings. The van der Waals surface area contributed by atoms with E-state index in [9.17, 15) is 13.2 Å². The molecule has 0 spiro atoms. The third kappa shape index (κ3) is 4.25. The van der Waals surface area contributed by atoms with Crippen molar-refractivity contribution in [2.24, 2.45) is 12.1 Å². The molecule has 0 amide bonds. The normalized spacial score (nSPS) is 11.9. The van der Waals surface area contributed by atoms with E-state index in [0.29, 0.717) is 22.0 Å². The molecule has 0 unspecified atom stereocenters. The van der Waals surface area contributed by atoms with Gasteiger partial charge in [0.1, 0.15) is 0 Å². The molecule has 0 aliphatic heterocycles. The summed E-state index contributed by atoms with van der Waals surface area (Å²) < 4.78 is 40.2. The number of alkyl halides is 3. The minimum absolute atomic E-state index is 0.352. The van der Waals surface area contributed by atoms with Crippen molar-refractivity contribution in [1.29, 1.82) is 0 Å². The molecule has 1 N–H and O–H groups in total. The van der Waals surface area contributed by atoms with Crippen LogP contribution in [0.4, 0.5) is 18.3 Å². The molecule has 0 saturated heterocycles. The van der Waals surface area contributed by atoms with Crippen LogP contribution in [-0.2, 0) is 13.2 Å². The predicted octanol–water partition coefficient (Wildman–Crippen LogP) is 5.68. The Hall–Kier alpha value is -3.46. The second kappa shape index (κ2) is 8.11. The monoisotopic (exact) mass is 427 g/mol. The fourth-order valence-electron chi connectivity index (χ4n) is 2.92. The van der Waals surface area contributed by atoms with E-state index in [1.54, 1.807) is 30.5 Å². The van der Waals surface area contributed by atoms with Gasteiger partial charge in [-0.15, -0.1) is 11.3 Å². The van der Waals surface area contributed by atoms with Gasteiger partial charge in [0.15, 0.2) is 5.69 Å². The molecule has 0 atom stereocenters. The van der Waals surface area contributed by atoms with E-state index in [-0.39, 0.29) is 0 Å². The lowest BCUT2D eigenvalue weighted by molar-refractivity contribution is -0.141. The van der Waals surface area contributed by atoms with Gasteiger partial charge in [0.05, 0.1) is 17.6 Å². The number of hydrazone groups is 1. The Morgan fingerprint density at radius 3 is 2.53 bits per heavy atom. The number of aromatic nitrogens is 3. The Labute approximate surface area is 174 Å². The highest BCUT2D eigenvalue weighted by Crippen LogP contribution is 2.32. The highest BCUT2D eigenvalue weighted by atomic mass is 32.1. The number of rotatable bonds is 5. The fraction of sp³-hybridized carbons (Fsp3) is 0.0952. The molecule has 5 nitrogen and oxygen atoms in total. The van der Waals surface area contributed by atoms with Crippen LogP contribution in [0.5, 0.6) is 0 Å². The highest BCUT2D eigenvalue weighted by Gasteiger charge is 2.34. The number of benzene rings is 2. The summed E-state index contributed by atoms with van der Waals surface area (Å²) in [6.45, 7) is 0. The van der Waals surface area contributed by atoms with Crippen LogP contribution in [-0.4, -0.2) is 21.0 Å². The summed E-state index contributed by atoms with van der Waals surface area (Å²) in [4.78, 5) is 4.49. The van der Waals surface area contributed by atoms with Gasteiger partial charge in [0.25, 0.3) is 0 Å². The molecule has 2 heterocycles. The van der Waals surface area contributed by atoms with E-state index in [0.717, 1.165) is 17.3 Å². The van der Waals surface area contributed by atoms with Crippen molar-refractivity contribution in [3.8, 4) is 22.5 Å². The number of nitrogens with one attached hydrogen (secondary N) is 1. The minimum atomic E-state index is -4.50. The van der Waals surface area contributed by atoms with Crippen molar-refractivity contribution in [2.45, 2.75) is 6.18 Å². The number of nitrogens with zero attached hydrogens (tertiary/aromatic N) is 4. The lowest BCUT2D eigenvalue weighted by Gasteiger charge is -2.05. The summed E-state index contributed by atoms with van der Waals surface area (Å²) in [5, 5.41) is 10.3. The van der Waals surface area contributed by atoms with Crippen LogP contribution in [0.1, 0.15) is 11.3 Å². The Balaban J connectivity index is 1.55. The van der Waals surface area contributed by atoms with Crippen LogP contribution in [0.15, 0.2) is 71.1 Å². The van der Waals surface area contributed by atoms with Crippen molar-refractivity contribution in [3.05, 3.63) is 77.3 Å². The molecule has 9 heteroatoms. The van der Waals surface area contributed by atoms with Crippen LogP contribution in [0.2, 0.25) is 0 Å². The van der Waals surface area contributed by atoms with Crippen molar-refractivity contribution in [3.63, 3.8) is 0 Å².